The number of hydrogen-bond acceptors (Lipinski definition) is 4. The maximum atomic E-state index is 13.2. The second kappa shape index (κ2) is 6.81. The Morgan fingerprint density at radius 2 is 1.90 bits per heavy atom. The number of nitro benzene ring substituents is 1. The van der Waals surface area contributed by atoms with Crippen LogP contribution in [0.1, 0.15) is 5.56 Å². The van der Waals surface area contributed by atoms with Crippen LogP contribution in [0, 0.1) is 15.9 Å². The highest BCUT2D eigenvalue weighted by atomic mass is 19.1. The summed E-state index contributed by atoms with van der Waals surface area (Å²) in [7, 11) is 0. The first-order valence-electron chi connectivity index (χ1n) is 6.54. The highest BCUT2D eigenvalue weighted by Gasteiger charge is 2.20. The van der Waals surface area contributed by atoms with Gasteiger partial charge in [0.05, 0.1) is 11.0 Å². The molecule has 0 heterocycles. The second-order valence-corrected chi connectivity index (χ2v) is 4.59. The van der Waals surface area contributed by atoms with Crippen LogP contribution in [0.15, 0.2) is 48.5 Å². The molecule has 0 atom stereocenters. The van der Waals surface area contributed by atoms with Crippen molar-refractivity contribution in [1.82, 2.24) is 0 Å². The molecular weight excluding hydrogens is 273 g/mol. The molecule has 0 radical (unpaired) electrons. The van der Waals surface area contributed by atoms with Crippen molar-refractivity contribution < 1.29 is 9.31 Å². The number of anilines is 1. The van der Waals surface area contributed by atoms with Crippen molar-refractivity contribution in [2.45, 2.75) is 6.54 Å². The van der Waals surface area contributed by atoms with Crippen LogP contribution < -0.4 is 10.6 Å². The van der Waals surface area contributed by atoms with Gasteiger partial charge in [-0.25, -0.2) is 4.39 Å². The van der Waals surface area contributed by atoms with Crippen LogP contribution in [0.2, 0.25) is 0 Å². The van der Waals surface area contributed by atoms with Crippen molar-refractivity contribution in [3.63, 3.8) is 0 Å². The van der Waals surface area contributed by atoms with Gasteiger partial charge in [0, 0.05) is 19.6 Å². The highest BCUT2D eigenvalue weighted by Crippen LogP contribution is 2.29. The normalized spacial score (nSPS) is 10.4. The van der Waals surface area contributed by atoms with Gasteiger partial charge in [-0.3, -0.25) is 10.1 Å². The van der Waals surface area contributed by atoms with Crippen molar-refractivity contribution in [1.29, 1.82) is 0 Å². The summed E-state index contributed by atoms with van der Waals surface area (Å²) in [6, 6.07) is 13.1. The Bertz CT molecular complexity index is 620. The van der Waals surface area contributed by atoms with Gasteiger partial charge in [0.25, 0.3) is 5.69 Å². The Hall–Kier alpha value is -2.47. The fraction of sp³-hybridized carbons (Fsp3) is 0.200. The van der Waals surface area contributed by atoms with Crippen molar-refractivity contribution >= 4 is 11.4 Å². The van der Waals surface area contributed by atoms with Crippen molar-refractivity contribution in [3.05, 3.63) is 70.0 Å². The third-order valence-electron chi connectivity index (χ3n) is 3.09. The van der Waals surface area contributed by atoms with Crippen molar-refractivity contribution in [2.24, 2.45) is 5.73 Å². The van der Waals surface area contributed by atoms with E-state index in [0.717, 1.165) is 11.6 Å². The van der Waals surface area contributed by atoms with E-state index in [1.807, 2.05) is 30.3 Å². The van der Waals surface area contributed by atoms with Crippen molar-refractivity contribution in [3.8, 4) is 0 Å². The summed E-state index contributed by atoms with van der Waals surface area (Å²) in [4.78, 5) is 12.3. The molecule has 2 aromatic carbocycles. The Morgan fingerprint density at radius 3 is 2.52 bits per heavy atom. The molecule has 0 amide bonds. The van der Waals surface area contributed by atoms with E-state index in [4.69, 9.17) is 5.73 Å². The first-order valence-corrected chi connectivity index (χ1v) is 6.54. The standard InChI is InChI=1S/C15H16FN3O2/c16-13-6-7-14(15(10-13)19(20)21)18(9-8-17)11-12-4-2-1-3-5-12/h1-7,10H,8-9,11,17H2. The zero-order valence-electron chi connectivity index (χ0n) is 11.4. The van der Waals surface area contributed by atoms with E-state index in [1.54, 1.807) is 4.90 Å². The predicted molar refractivity (Wildman–Crippen MR) is 79.6 cm³/mol. The zero-order valence-corrected chi connectivity index (χ0v) is 11.4. The Morgan fingerprint density at radius 1 is 1.19 bits per heavy atom. The lowest BCUT2D eigenvalue weighted by Gasteiger charge is -2.24. The van der Waals surface area contributed by atoms with Gasteiger partial charge in [0.1, 0.15) is 11.5 Å². The summed E-state index contributed by atoms with van der Waals surface area (Å²) in [6.07, 6.45) is 0. The van der Waals surface area contributed by atoms with Gasteiger partial charge < -0.3 is 10.6 Å². The van der Waals surface area contributed by atoms with Gasteiger partial charge >= 0.3 is 0 Å². The van der Waals surface area contributed by atoms with E-state index in [-0.39, 0.29) is 5.69 Å². The van der Waals surface area contributed by atoms with Gasteiger partial charge in [-0.05, 0) is 17.7 Å². The average molecular weight is 289 g/mol. The molecule has 21 heavy (non-hydrogen) atoms. The number of nitro groups is 1. The first kappa shape index (κ1) is 14.9. The topological polar surface area (TPSA) is 72.4 Å². The monoisotopic (exact) mass is 289 g/mol. The molecule has 5 nitrogen and oxygen atoms in total. The van der Waals surface area contributed by atoms with Gasteiger partial charge in [-0.1, -0.05) is 30.3 Å². The first-order chi connectivity index (χ1) is 10.1. The lowest BCUT2D eigenvalue weighted by molar-refractivity contribution is -0.384. The third-order valence-corrected chi connectivity index (χ3v) is 3.09. The summed E-state index contributed by atoms with van der Waals surface area (Å²) < 4.78 is 13.2. The maximum Gasteiger partial charge on any atom is 0.295 e. The highest BCUT2D eigenvalue weighted by molar-refractivity contribution is 5.63. The van der Waals surface area contributed by atoms with E-state index in [1.165, 1.54) is 12.1 Å². The lowest BCUT2D eigenvalue weighted by Crippen LogP contribution is -2.29. The Balaban J connectivity index is 2.36. The van der Waals surface area contributed by atoms with E-state index in [9.17, 15) is 14.5 Å². The minimum atomic E-state index is -0.627. The minimum Gasteiger partial charge on any atom is -0.360 e. The number of nitrogens with two attached hydrogens (primary N) is 1. The maximum absolute atomic E-state index is 13.2. The van der Waals surface area contributed by atoms with Crippen LogP contribution in [0.4, 0.5) is 15.8 Å². The number of hydrogen-bond donors (Lipinski definition) is 1. The molecule has 0 aromatic heterocycles. The van der Waals surface area contributed by atoms with Crippen LogP contribution in [0.5, 0.6) is 0 Å². The van der Waals surface area contributed by atoms with E-state index < -0.39 is 10.7 Å². The summed E-state index contributed by atoms with van der Waals surface area (Å²) in [5.74, 6) is -0.627. The van der Waals surface area contributed by atoms with E-state index in [0.29, 0.717) is 25.3 Å². The minimum absolute atomic E-state index is 0.251. The molecule has 0 unspecified atom stereocenters. The summed E-state index contributed by atoms with van der Waals surface area (Å²) >= 11 is 0. The molecule has 2 N–H and O–H groups in total. The van der Waals surface area contributed by atoms with Crippen LogP contribution in [-0.4, -0.2) is 18.0 Å². The average Bonchev–Trinajstić information content (AvgIpc) is 2.48. The molecule has 0 spiro atoms. The molecule has 2 aromatic rings. The van der Waals surface area contributed by atoms with Crippen LogP contribution in [-0.2, 0) is 6.54 Å². The van der Waals surface area contributed by atoms with Crippen LogP contribution in [0.3, 0.4) is 0 Å². The fourth-order valence-electron chi connectivity index (χ4n) is 2.15. The van der Waals surface area contributed by atoms with E-state index >= 15 is 0 Å². The van der Waals surface area contributed by atoms with Crippen LogP contribution >= 0.6 is 0 Å². The summed E-state index contributed by atoms with van der Waals surface area (Å²) in [6.45, 7) is 1.27. The number of halogens is 1. The molecule has 0 saturated carbocycles. The number of benzene rings is 2. The molecule has 0 fully saturated rings. The number of rotatable bonds is 6. The smallest absolute Gasteiger partial charge is 0.295 e. The molecule has 0 aliphatic carbocycles. The SMILES string of the molecule is NCCN(Cc1ccccc1)c1ccc(F)cc1[N+](=O)[O-]. The molecule has 2 rings (SSSR count). The predicted octanol–water partition coefficient (Wildman–Crippen LogP) is 2.70. The largest absolute Gasteiger partial charge is 0.360 e. The van der Waals surface area contributed by atoms with Crippen LogP contribution in [0.25, 0.3) is 0 Å². The molecule has 0 saturated heterocycles. The molecule has 110 valence electrons. The quantitative estimate of drug-likeness (QED) is 0.655. The molecule has 0 aliphatic rings. The summed E-state index contributed by atoms with van der Waals surface area (Å²) in [5.41, 5.74) is 6.72. The Kier molecular flexibility index (Phi) is 4.84. The summed E-state index contributed by atoms with van der Waals surface area (Å²) in [5, 5.41) is 11.1. The van der Waals surface area contributed by atoms with Crippen molar-refractivity contribution in [2.75, 3.05) is 18.0 Å². The molecule has 0 bridgehead atoms. The third kappa shape index (κ3) is 3.76. The number of nitrogens with zero attached hydrogens (tertiary/aromatic N) is 2. The van der Waals surface area contributed by atoms with Gasteiger partial charge in [-0.2, -0.15) is 0 Å². The lowest BCUT2D eigenvalue weighted by atomic mass is 10.1. The van der Waals surface area contributed by atoms with Gasteiger partial charge in [0.15, 0.2) is 0 Å². The molecule has 6 heteroatoms. The van der Waals surface area contributed by atoms with Gasteiger partial charge in [0.2, 0.25) is 0 Å². The van der Waals surface area contributed by atoms with E-state index in [2.05, 4.69) is 0 Å². The zero-order chi connectivity index (χ0) is 15.2. The molecular formula is C15H16FN3O2. The second-order valence-electron chi connectivity index (χ2n) is 4.59. The Labute approximate surface area is 122 Å². The fourth-order valence-corrected chi connectivity index (χ4v) is 2.15. The van der Waals surface area contributed by atoms with Gasteiger partial charge in [-0.15, -0.1) is 0 Å². The molecule has 0 aliphatic heterocycles.